The van der Waals surface area contributed by atoms with Crippen molar-refractivity contribution in [1.82, 2.24) is 15.1 Å². The molecule has 32 heavy (non-hydrogen) atoms. The summed E-state index contributed by atoms with van der Waals surface area (Å²) < 4.78 is 13.2. The van der Waals surface area contributed by atoms with Gasteiger partial charge in [-0.15, -0.1) is 0 Å². The summed E-state index contributed by atoms with van der Waals surface area (Å²) in [7, 11) is 4.64. The van der Waals surface area contributed by atoms with Crippen LogP contribution in [-0.2, 0) is 20.8 Å². The maximum atomic E-state index is 13.3. The molecule has 0 bridgehead atoms. The average molecular weight is 447 g/mol. The van der Waals surface area contributed by atoms with E-state index in [0.29, 0.717) is 12.8 Å². The second kappa shape index (κ2) is 11.2. The first-order valence-electron chi connectivity index (χ1n) is 11.1. The highest BCUT2D eigenvalue weighted by atomic mass is 19.1. The molecule has 2 atom stereocenters. The van der Waals surface area contributed by atoms with E-state index in [2.05, 4.69) is 5.32 Å². The molecule has 0 radical (unpaired) electrons. The number of carbonyl (C=O) groups is 3. The smallest absolute Gasteiger partial charge is 0.246 e. The van der Waals surface area contributed by atoms with Gasteiger partial charge in [0.15, 0.2) is 0 Å². The third-order valence-corrected chi connectivity index (χ3v) is 6.33. The minimum atomic E-state index is -0.790. The van der Waals surface area contributed by atoms with Crippen LogP contribution in [0.5, 0.6) is 0 Å². The van der Waals surface area contributed by atoms with E-state index in [1.165, 1.54) is 35.1 Å². The molecule has 1 aliphatic carbocycles. The number of hydrogen-bond acceptors (Lipinski definition) is 4. The summed E-state index contributed by atoms with van der Waals surface area (Å²) >= 11 is 0. The lowest BCUT2D eigenvalue weighted by Crippen LogP contribution is -2.54. The van der Waals surface area contributed by atoms with Crippen LogP contribution in [0, 0.1) is 5.82 Å². The molecular weight excluding hydrogens is 411 g/mol. The molecule has 3 N–H and O–H groups in total. The normalized spacial score (nSPS) is 16.7. The van der Waals surface area contributed by atoms with Crippen molar-refractivity contribution in [1.29, 1.82) is 0 Å². The van der Waals surface area contributed by atoms with Gasteiger partial charge < -0.3 is 20.9 Å². The Morgan fingerprint density at radius 3 is 2.28 bits per heavy atom. The summed E-state index contributed by atoms with van der Waals surface area (Å²) in [6.45, 7) is 1.82. The third-order valence-electron chi connectivity index (χ3n) is 6.33. The van der Waals surface area contributed by atoms with Crippen LogP contribution in [0.2, 0.25) is 0 Å². The van der Waals surface area contributed by atoms with E-state index >= 15 is 0 Å². The van der Waals surface area contributed by atoms with E-state index < -0.39 is 12.1 Å². The zero-order valence-corrected chi connectivity index (χ0v) is 19.4. The predicted octanol–water partition coefficient (Wildman–Crippen LogP) is 2.01. The fourth-order valence-corrected chi connectivity index (χ4v) is 3.92. The zero-order valence-electron chi connectivity index (χ0n) is 19.4. The fourth-order valence-electron chi connectivity index (χ4n) is 3.92. The maximum Gasteiger partial charge on any atom is 0.246 e. The molecule has 2 rings (SSSR count). The van der Waals surface area contributed by atoms with E-state index in [1.807, 2.05) is 6.92 Å². The Kier molecular flexibility index (Phi) is 8.95. The van der Waals surface area contributed by atoms with Crippen LogP contribution in [0.3, 0.4) is 0 Å². The summed E-state index contributed by atoms with van der Waals surface area (Å²) in [6, 6.07) is 4.32. The van der Waals surface area contributed by atoms with Gasteiger partial charge in [-0.2, -0.15) is 0 Å². The molecule has 1 aliphatic rings. The van der Waals surface area contributed by atoms with Gasteiger partial charge in [0.25, 0.3) is 0 Å². The van der Waals surface area contributed by atoms with E-state index in [4.69, 9.17) is 5.73 Å². The van der Waals surface area contributed by atoms with Gasteiger partial charge in [-0.1, -0.05) is 25.1 Å². The number of likely N-dealkylation sites (N-methyl/N-ethyl adjacent to an activating group) is 3. The number of nitrogens with one attached hydrogen (secondary N) is 1. The van der Waals surface area contributed by atoms with E-state index in [-0.39, 0.29) is 35.5 Å². The SMILES string of the molecule is CC[C@H](C(=O)N(C)C(Cc1ccc(F)cc1)C(=O)NC)N(C)C(=O)/C=C/CC1(N)CCC1. The van der Waals surface area contributed by atoms with Crippen molar-refractivity contribution in [2.75, 3.05) is 21.1 Å². The number of rotatable bonds is 10. The van der Waals surface area contributed by atoms with Crippen molar-refractivity contribution in [3.63, 3.8) is 0 Å². The second-order valence-corrected chi connectivity index (χ2v) is 8.61. The number of amides is 3. The van der Waals surface area contributed by atoms with Gasteiger partial charge in [-0.3, -0.25) is 14.4 Å². The summed E-state index contributed by atoms with van der Waals surface area (Å²) in [6.07, 6.45) is 7.54. The van der Waals surface area contributed by atoms with E-state index in [9.17, 15) is 18.8 Å². The lowest BCUT2D eigenvalue weighted by Gasteiger charge is -2.37. The topological polar surface area (TPSA) is 95.7 Å². The first kappa shape index (κ1) is 25.5. The quantitative estimate of drug-likeness (QED) is 0.538. The Balaban J connectivity index is 2.09. The lowest BCUT2D eigenvalue weighted by atomic mass is 9.75. The fraction of sp³-hybridized carbons (Fsp3) is 0.542. The van der Waals surface area contributed by atoms with Crippen LogP contribution >= 0.6 is 0 Å². The summed E-state index contributed by atoms with van der Waals surface area (Å²) in [4.78, 5) is 41.2. The van der Waals surface area contributed by atoms with Gasteiger partial charge in [0.1, 0.15) is 17.9 Å². The first-order chi connectivity index (χ1) is 15.1. The molecule has 3 amide bonds. The molecule has 1 unspecified atom stereocenters. The van der Waals surface area contributed by atoms with Crippen LogP contribution in [0.4, 0.5) is 4.39 Å². The Morgan fingerprint density at radius 1 is 1.16 bits per heavy atom. The molecule has 1 aromatic carbocycles. The maximum absolute atomic E-state index is 13.3. The Hall–Kier alpha value is -2.74. The monoisotopic (exact) mass is 446 g/mol. The predicted molar refractivity (Wildman–Crippen MR) is 122 cm³/mol. The number of nitrogens with two attached hydrogens (primary N) is 1. The molecule has 0 spiro atoms. The molecule has 0 heterocycles. The van der Waals surface area contributed by atoms with Gasteiger partial charge >= 0.3 is 0 Å². The van der Waals surface area contributed by atoms with Crippen LogP contribution in [0.15, 0.2) is 36.4 Å². The molecule has 1 saturated carbocycles. The molecular formula is C24H35FN4O3. The first-order valence-corrected chi connectivity index (χ1v) is 11.1. The Labute approximate surface area is 189 Å². The standard InChI is InChI=1S/C24H35FN4O3/c1-5-19(28(3)21(30)8-6-13-24(26)14-7-15-24)23(32)29(4)20(22(31)27-2)16-17-9-11-18(25)12-10-17/h6,8-12,19-20H,5,7,13-16,26H2,1-4H3,(H,27,31)/b8-6+/t19-,20?/m1/s1. The highest BCUT2D eigenvalue weighted by Crippen LogP contribution is 2.32. The van der Waals surface area contributed by atoms with Crippen molar-refractivity contribution < 1.29 is 18.8 Å². The van der Waals surface area contributed by atoms with E-state index in [0.717, 1.165) is 24.8 Å². The third kappa shape index (κ3) is 6.38. The number of benzene rings is 1. The summed E-state index contributed by atoms with van der Waals surface area (Å²) in [5, 5.41) is 2.58. The zero-order chi connectivity index (χ0) is 23.9. The number of nitrogens with zero attached hydrogens (tertiary/aromatic N) is 2. The minimum absolute atomic E-state index is 0.212. The lowest BCUT2D eigenvalue weighted by molar-refractivity contribution is -0.146. The van der Waals surface area contributed by atoms with Crippen molar-refractivity contribution in [2.45, 2.75) is 63.1 Å². The van der Waals surface area contributed by atoms with Crippen molar-refractivity contribution in [3.05, 3.63) is 47.8 Å². The molecule has 7 nitrogen and oxygen atoms in total. The minimum Gasteiger partial charge on any atom is -0.357 e. The van der Waals surface area contributed by atoms with E-state index in [1.54, 1.807) is 32.3 Å². The molecule has 0 aliphatic heterocycles. The molecule has 176 valence electrons. The molecule has 0 aromatic heterocycles. The summed E-state index contributed by atoms with van der Waals surface area (Å²) in [5.74, 6) is -1.31. The van der Waals surface area contributed by atoms with Crippen molar-refractivity contribution in [2.24, 2.45) is 5.73 Å². The van der Waals surface area contributed by atoms with Gasteiger partial charge in [-0.05, 0) is 55.9 Å². The number of hydrogen-bond donors (Lipinski definition) is 2. The molecule has 1 fully saturated rings. The van der Waals surface area contributed by atoms with Gasteiger partial charge in [0.2, 0.25) is 17.7 Å². The second-order valence-electron chi connectivity index (χ2n) is 8.61. The Bertz CT molecular complexity index is 836. The highest BCUT2D eigenvalue weighted by molar-refractivity contribution is 5.94. The van der Waals surface area contributed by atoms with Crippen molar-refractivity contribution in [3.8, 4) is 0 Å². The van der Waals surface area contributed by atoms with Crippen molar-refractivity contribution >= 4 is 17.7 Å². The van der Waals surface area contributed by atoms with Gasteiger partial charge in [0, 0.05) is 33.1 Å². The summed E-state index contributed by atoms with van der Waals surface area (Å²) in [5.41, 5.74) is 6.71. The van der Waals surface area contributed by atoms with Crippen LogP contribution < -0.4 is 11.1 Å². The molecule has 0 saturated heterocycles. The highest BCUT2D eigenvalue weighted by Gasteiger charge is 2.34. The van der Waals surface area contributed by atoms with Crippen LogP contribution in [-0.4, -0.2) is 66.3 Å². The number of carbonyl (C=O) groups excluding carboxylic acids is 3. The molecule has 8 heteroatoms. The average Bonchev–Trinajstić information content (AvgIpc) is 2.76. The van der Waals surface area contributed by atoms with Gasteiger partial charge in [0.05, 0.1) is 0 Å². The molecule has 1 aromatic rings. The van der Waals surface area contributed by atoms with Gasteiger partial charge in [-0.25, -0.2) is 4.39 Å². The largest absolute Gasteiger partial charge is 0.357 e. The van der Waals surface area contributed by atoms with Crippen LogP contribution in [0.25, 0.3) is 0 Å². The number of halogens is 1. The Morgan fingerprint density at radius 2 is 1.78 bits per heavy atom. The van der Waals surface area contributed by atoms with Crippen LogP contribution in [0.1, 0.15) is 44.6 Å².